The van der Waals surface area contributed by atoms with Gasteiger partial charge in [-0.25, -0.2) is 0 Å². The van der Waals surface area contributed by atoms with Crippen LogP contribution in [-0.4, -0.2) is 35.2 Å². The highest BCUT2D eigenvalue weighted by atomic mass is 32.1. The van der Waals surface area contributed by atoms with Gasteiger partial charge >= 0.3 is 0 Å². The SMILES string of the molecule is CCN1CCCC(O)(Cc2cccs2)CC1. The lowest BCUT2D eigenvalue weighted by Crippen LogP contribution is -2.33. The molecule has 0 bridgehead atoms. The maximum atomic E-state index is 10.6. The largest absolute Gasteiger partial charge is 0.389 e. The van der Waals surface area contributed by atoms with E-state index in [1.165, 1.54) is 4.88 Å². The van der Waals surface area contributed by atoms with E-state index < -0.39 is 5.60 Å². The Labute approximate surface area is 102 Å². The van der Waals surface area contributed by atoms with Crippen molar-refractivity contribution in [2.45, 2.75) is 38.2 Å². The molecule has 1 aliphatic rings. The van der Waals surface area contributed by atoms with Gasteiger partial charge < -0.3 is 10.0 Å². The molecule has 1 atom stereocenters. The molecule has 1 aromatic rings. The van der Waals surface area contributed by atoms with E-state index in [-0.39, 0.29) is 0 Å². The molecule has 0 aliphatic carbocycles. The van der Waals surface area contributed by atoms with Crippen molar-refractivity contribution in [3.63, 3.8) is 0 Å². The highest BCUT2D eigenvalue weighted by molar-refractivity contribution is 7.09. The highest BCUT2D eigenvalue weighted by Gasteiger charge is 2.30. The first kappa shape index (κ1) is 12.1. The normalized spacial score (nSPS) is 27.9. The van der Waals surface area contributed by atoms with Gasteiger partial charge in [0.1, 0.15) is 0 Å². The second kappa shape index (κ2) is 5.30. The smallest absolute Gasteiger partial charge is 0.0708 e. The monoisotopic (exact) mass is 239 g/mol. The van der Waals surface area contributed by atoms with E-state index in [0.717, 1.165) is 45.3 Å². The minimum Gasteiger partial charge on any atom is -0.389 e. The van der Waals surface area contributed by atoms with Gasteiger partial charge in [0, 0.05) is 17.8 Å². The van der Waals surface area contributed by atoms with Gasteiger partial charge in [-0.2, -0.15) is 0 Å². The number of rotatable bonds is 3. The van der Waals surface area contributed by atoms with Gasteiger partial charge in [0.2, 0.25) is 0 Å². The molecule has 0 aromatic carbocycles. The fourth-order valence-corrected chi connectivity index (χ4v) is 3.31. The summed E-state index contributed by atoms with van der Waals surface area (Å²) in [4.78, 5) is 3.75. The van der Waals surface area contributed by atoms with Gasteiger partial charge in [-0.1, -0.05) is 13.0 Å². The van der Waals surface area contributed by atoms with Crippen LogP contribution >= 0.6 is 11.3 Å². The average molecular weight is 239 g/mol. The molecule has 2 rings (SSSR count). The lowest BCUT2D eigenvalue weighted by atomic mass is 9.90. The summed E-state index contributed by atoms with van der Waals surface area (Å²) < 4.78 is 0. The summed E-state index contributed by atoms with van der Waals surface area (Å²) in [6, 6.07) is 4.20. The third-order valence-corrected chi connectivity index (χ3v) is 4.42. The zero-order chi connectivity index (χ0) is 11.4. The van der Waals surface area contributed by atoms with Crippen LogP contribution in [0.5, 0.6) is 0 Å². The molecule has 1 aliphatic heterocycles. The molecule has 2 heterocycles. The standard InChI is InChI=1S/C13H21NOS/c1-2-14-8-4-6-13(15,7-9-14)11-12-5-3-10-16-12/h3,5,10,15H,2,4,6-9,11H2,1H3. The van der Waals surface area contributed by atoms with E-state index in [4.69, 9.17) is 0 Å². The van der Waals surface area contributed by atoms with Crippen LogP contribution in [0.25, 0.3) is 0 Å². The Hall–Kier alpha value is -0.380. The molecule has 1 aromatic heterocycles. The van der Waals surface area contributed by atoms with Crippen LogP contribution < -0.4 is 0 Å². The first-order valence-corrected chi connectivity index (χ1v) is 7.07. The van der Waals surface area contributed by atoms with Crippen molar-refractivity contribution in [3.05, 3.63) is 22.4 Å². The Bertz CT molecular complexity index is 312. The van der Waals surface area contributed by atoms with E-state index in [1.54, 1.807) is 11.3 Å². The molecule has 1 N–H and O–H groups in total. The summed E-state index contributed by atoms with van der Waals surface area (Å²) in [6.07, 6.45) is 3.82. The molecule has 0 saturated carbocycles. The number of nitrogens with zero attached hydrogens (tertiary/aromatic N) is 1. The van der Waals surface area contributed by atoms with Crippen molar-refractivity contribution in [3.8, 4) is 0 Å². The molecular formula is C13H21NOS. The van der Waals surface area contributed by atoms with Gasteiger partial charge in [-0.15, -0.1) is 11.3 Å². The minimum absolute atomic E-state index is 0.464. The van der Waals surface area contributed by atoms with Crippen molar-refractivity contribution >= 4 is 11.3 Å². The molecule has 1 fully saturated rings. The van der Waals surface area contributed by atoms with Crippen LogP contribution in [0.3, 0.4) is 0 Å². The summed E-state index contributed by atoms with van der Waals surface area (Å²) in [6.45, 7) is 5.49. The molecule has 0 spiro atoms. The minimum atomic E-state index is -0.464. The van der Waals surface area contributed by atoms with E-state index in [1.807, 2.05) is 0 Å². The van der Waals surface area contributed by atoms with Crippen LogP contribution in [0.4, 0.5) is 0 Å². The van der Waals surface area contributed by atoms with Gasteiger partial charge in [-0.3, -0.25) is 0 Å². The van der Waals surface area contributed by atoms with Crippen LogP contribution in [0.15, 0.2) is 17.5 Å². The second-order valence-electron chi connectivity index (χ2n) is 4.77. The summed E-state index contributed by atoms with van der Waals surface area (Å²) in [7, 11) is 0. The first-order chi connectivity index (χ1) is 7.72. The number of thiophene rings is 1. The zero-order valence-electron chi connectivity index (χ0n) is 9.98. The van der Waals surface area contributed by atoms with Crippen molar-refractivity contribution in [1.29, 1.82) is 0 Å². The van der Waals surface area contributed by atoms with E-state index in [9.17, 15) is 5.11 Å². The van der Waals surface area contributed by atoms with Crippen LogP contribution in [-0.2, 0) is 6.42 Å². The Kier molecular flexibility index (Phi) is 4.00. The maximum Gasteiger partial charge on any atom is 0.0708 e. The third-order valence-electron chi connectivity index (χ3n) is 3.54. The fraction of sp³-hybridized carbons (Fsp3) is 0.692. The maximum absolute atomic E-state index is 10.6. The van der Waals surface area contributed by atoms with Gasteiger partial charge in [0.25, 0.3) is 0 Å². The predicted octanol–water partition coefficient (Wildman–Crippen LogP) is 2.53. The topological polar surface area (TPSA) is 23.5 Å². The molecule has 16 heavy (non-hydrogen) atoms. The van der Waals surface area contributed by atoms with E-state index in [0.29, 0.717) is 0 Å². The fourth-order valence-electron chi connectivity index (χ4n) is 2.47. The summed E-state index contributed by atoms with van der Waals surface area (Å²) in [5.74, 6) is 0. The van der Waals surface area contributed by atoms with Crippen LogP contribution in [0.1, 0.15) is 31.1 Å². The Morgan fingerprint density at radius 2 is 2.31 bits per heavy atom. The highest BCUT2D eigenvalue weighted by Crippen LogP contribution is 2.27. The molecule has 0 radical (unpaired) electrons. The lowest BCUT2D eigenvalue weighted by Gasteiger charge is -2.26. The molecule has 2 nitrogen and oxygen atoms in total. The molecule has 1 saturated heterocycles. The molecule has 3 heteroatoms. The lowest BCUT2D eigenvalue weighted by molar-refractivity contribution is 0.0266. The van der Waals surface area contributed by atoms with Gasteiger partial charge in [-0.05, 0) is 43.8 Å². The van der Waals surface area contributed by atoms with Crippen molar-refractivity contribution in [2.24, 2.45) is 0 Å². The summed E-state index contributed by atoms with van der Waals surface area (Å²) in [5, 5.41) is 12.7. The Balaban J connectivity index is 1.96. The van der Waals surface area contributed by atoms with Gasteiger partial charge in [0.05, 0.1) is 5.60 Å². The Morgan fingerprint density at radius 3 is 3.00 bits per heavy atom. The molecule has 0 amide bonds. The molecular weight excluding hydrogens is 218 g/mol. The number of likely N-dealkylation sites (tertiary alicyclic amines) is 1. The molecule has 1 unspecified atom stereocenters. The van der Waals surface area contributed by atoms with Crippen molar-refractivity contribution in [1.82, 2.24) is 4.90 Å². The zero-order valence-corrected chi connectivity index (χ0v) is 10.8. The third kappa shape index (κ3) is 3.06. The number of hydrogen-bond donors (Lipinski definition) is 1. The summed E-state index contributed by atoms with van der Waals surface area (Å²) in [5.41, 5.74) is -0.464. The first-order valence-electron chi connectivity index (χ1n) is 6.19. The second-order valence-corrected chi connectivity index (χ2v) is 5.80. The van der Waals surface area contributed by atoms with Crippen LogP contribution in [0.2, 0.25) is 0 Å². The molecule has 90 valence electrons. The predicted molar refractivity (Wildman–Crippen MR) is 68.9 cm³/mol. The van der Waals surface area contributed by atoms with E-state index >= 15 is 0 Å². The van der Waals surface area contributed by atoms with Gasteiger partial charge in [0.15, 0.2) is 0 Å². The quantitative estimate of drug-likeness (QED) is 0.876. The van der Waals surface area contributed by atoms with Crippen molar-refractivity contribution in [2.75, 3.05) is 19.6 Å². The number of hydrogen-bond acceptors (Lipinski definition) is 3. The number of aliphatic hydroxyl groups is 1. The Morgan fingerprint density at radius 1 is 1.44 bits per heavy atom. The summed E-state index contributed by atoms with van der Waals surface area (Å²) >= 11 is 1.75. The van der Waals surface area contributed by atoms with E-state index in [2.05, 4.69) is 29.3 Å². The average Bonchev–Trinajstić information content (AvgIpc) is 2.68. The van der Waals surface area contributed by atoms with Crippen LogP contribution in [0, 0.1) is 0 Å². The van der Waals surface area contributed by atoms with Crippen molar-refractivity contribution < 1.29 is 5.11 Å².